The van der Waals surface area contributed by atoms with Crippen LogP contribution >= 0.6 is 0 Å². The molecule has 94 valence electrons. The summed E-state index contributed by atoms with van der Waals surface area (Å²) < 4.78 is 21.7. The number of sulfone groups is 1. The maximum Gasteiger partial charge on any atom is 0.339 e. The van der Waals surface area contributed by atoms with Gasteiger partial charge in [0.05, 0.1) is 11.4 Å². The van der Waals surface area contributed by atoms with Crippen LogP contribution in [0.3, 0.4) is 0 Å². The monoisotopic (exact) mass is 259 g/mol. The van der Waals surface area contributed by atoms with Crippen LogP contribution in [0.1, 0.15) is 16.1 Å². The highest BCUT2D eigenvalue weighted by molar-refractivity contribution is 7.90. The highest BCUT2D eigenvalue weighted by Crippen LogP contribution is 2.02. The van der Waals surface area contributed by atoms with Gasteiger partial charge < -0.3 is 10.4 Å². The average molecular weight is 259 g/mol. The number of hydrogen-bond donors (Lipinski definition) is 2. The molecule has 1 rings (SSSR count). The first kappa shape index (κ1) is 13.5. The third kappa shape index (κ3) is 4.87. The van der Waals surface area contributed by atoms with Crippen LogP contribution in [0.5, 0.6) is 0 Å². The summed E-state index contributed by atoms with van der Waals surface area (Å²) in [7, 11) is -3.02. The van der Waals surface area contributed by atoms with Crippen molar-refractivity contribution in [1.29, 1.82) is 0 Å². The third-order valence-corrected chi connectivity index (χ3v) is 2.91. The van der Waals surface area contributed by atoms with E-state index in [0.29, 0.717) is 5.69 Å². The number of nitrogens with zero attached hydrogens (tertiary/aromatic N) is 2. The smallest absolute Gasteiger partial charge is 0.339 e. The molecule has 1 aromatic heterocycles. The summed E-state index contributed by atoms with van der Waals surface area (Å²) in [6.45, 7) is 0.446. The standard InChI is InChI=1S/C9H13N3O4S/c1-17(15,16)3-2-10-5-8-7(9(13)14)4-11-6-12-8/h4,6,10H,2-3,5H2,1H3,(H,13,14). The largest absolute Gasteiger partial charge is 0.478 e. The lowest BCUT2D eigenvalue weighted by atomic mass is 10.2. The van der Waals surface area contributed by atoms with Gasteiger partial charge in [-0.3, -0.25) is 0 Å². The maximum absolute atomic E-state index is 10.9. The SMILES string of the molecule is CS(=O)(=O)CCNCc1ncncc1C(=O)O. The summed E-state index contributed by atoms with van der Waals surface area (Å²) >= 11 is 0. The first-order chi connectivity index (χ1) is 7.90. The summed E-state index contributed by atoms with van der Waals surface area (Å²) in [6, 6.07) is 0. The molecule has 1 aromatic rings. The van der Waals surface area contributed by atoms with E-state index in [9.17, 15) is 13.2 Å². The molecule has 7 nitrogen and oxygen atoms in total. The fraction of sp³-hybridized carbons (Fsp3) is 0.444. The van der Waals surface area contributed by atoms with E-state index in [1.54, 1.807) is 0 Å². The molecule has 0 aromatic carbocycles. The van der Waals surface area contributed by atoms with Crippen molar-refractivity contribution in [2.45, 2.75) is 6.54 Å². The van der Waals surface area contributed by atoms with Crippen LogP contribution in [0.2, 0.25) is 0 Å². The summed E-state index contributed by atoms with van der Waals surface area (Å²) in [6.07, 6.45) is 3.60. The molecule has 0 bridgehead atoms. The molecule has 0 fully saturated rings. The second-order valence-electron chi connectivity index (χ2n) is 3.49. The lowest BCUT2D eigenvalue weighted by molar-refractivity contribution is 0.0694. The van der Waals surface area contributed by atoms with Gasteiger partial charge in [-0.1, -0.05) is 0 Å². The predicted octanol–water partition coefficient (Wildman–Crippen LogP) is -0.691. The highest BCUT2D eigenvalue weighted by atomic mass is 32.2. The van der Waals surface area contributed by atoms with Crippen molar-refractivity contribution in [3.05, 3.63) is 23.8 Å². The quantitative estimate of drug-likeness (QED) is 0.650. The van der Waals surface area contributed by atoms with Crippen LogP contribution < -0.4 is 5.32 Å². The lowest BCUT2D eigenvalue weighted by Gasteiger charge is -2.05. The molecule has 0 aliphatic rings. The Kier molecular flexibility index (Phi) is 4.53. The molecular weight excluding hydrogens is 246 g/mol. The molecule has 1 heterocycles. The number of carboxylic acids is 1. The minimum Gasteiger partial charge on any atom is -0.478 e. The molecule has 0 saturated heterocycles. The molecule has 0 saturated carbocycles. The van der Waals surface area contributed by atoms with Crippen molar-refractivity contribution in [3.63, 3.8) is 0 Å². The Morgan fingerprint density at radius 2 is 2.24 bits per heavy atom. The Morgan fingerprint density at radius 1 is 1.53 bits per heavy atom. The highest BCUT2D eigenvalue weighted by Gasteiger charge is 2.10. The van der Waals surface area contributed by atoms with Gasteiger partial charge in [0.2, 0.25) is 0 Å². The molecule has 0 amide bonds. The Labute approximate surface area is 98.8 Å². The Balaban J connectivity index is 2.55. The molecule has 8 heteroatoms. The van der Waals surface area contributed by atoms with Crippen molar-refractivity contribution in [3.8, 4) is 0 Å². The summed E-state index contributed by atoms with van der Waals surface area (Å²) in [5.41, 5.74) is 0.348. The van der Waals surface area contributed by atoms with E-state index in [4.69, 9.17) is 5.11 Å². The second-order valence-corrected chi connectivity index (χ2v) is 5.75. The summed E-state index contributed by atoms with van der Waals surface area (Å²) in [4.78, 5) is 18.3. The predicted molar refractivity (Wildman–Crippen MR) is 60.4 cm³/mol. The zero-order valence-corrected chi connectivity index (χ0v) is 10.1. The van der Waals surface area contributed by atoms with Crippen LogP contribution in [0.25, 0.3) is 0 Å². The van der Waals surface area contributed by atoms with Gasteiger partial charge >= 0.3 is 5.97 Å². The van der Waals surface area contributed by atoms with Crippen LogP contribution in [0.15, 0.2) is 12.5 Å². The van der Waals surface area contributed by atoms with E-state index in [1.165, 1.54) is 12.5 Å². The maximum atomic E-state index is 10.9. The minimum absolute atomic E-state index is 0.000484. The second kappa shape index (κ2) is 5.69. The minimum atomic E-state index is -3.02. The first-order valence-electron chi connectivity index (χ1n) is 4.81. The molecule has 0 spiro atoms. The fourth-order valence-electron chi connectivity index (χ4n) is 1.14. The van der Waals surface area contributed by atoms with E-state index >= 15 is 0 Å². The molecule has 0 unspecified atom stereocenters. The fourth-order valence-corrected chi connectivity index (χ4v) is 1.65. The topological polar surface area (TPSA) is 109 Å². The zero-order chi connectivity index (χ0) is 12.9. The molecule has 0 aliphatic heterocycles. The van der Waals surface area contributed by atoms with Gasteiger partial charge in [0, 0.05) is 25.5 Å². The zero-order valence-electron chi connectivity index (χ0n) is 9.25. The van der Waals surface area contributed by atoms with Crippen LogP contribution in [-0.2, 0) is 16.4 Å². The van der Waals surface area contributed by atoms with E-state index in [2.05, 4.69) is 15.3 Å². The molecular formula is C9H13N3O4S. The number of hydrogen-bond acceptors (Lipinski definition) is 6. The normalized spacial score (nSPS) is 11.4. The number of carboxylic acid groups (broad SMARTS) is 1. The summed E-state index contributed by atoms with van der Waals surface area (Å²) in [5, 5.41) is 11.7. The van der Waals surface area contributed by atoms with Crippen molar-refractivity contribution in [2.24, 2.45) is 0 Å². The number of carbonyl (C=O) groups is 1. The first-order valence-corrected chi connectivity index (χ1v) is 6.87. The molecule has 2 N–H and O–H groups in total. The van der Waals surface area contributed by atoms with Crippen molar-refractivity contribution in [1.82, 2.24) is 15.3 Å². The number of aromatic carboxylic acids is 1. The van der Waals surface area contributed by atoms with E-state index in [0.717, 1.165) is 6.26 Å². The Hall–Kier alpha value is -1.54. The molecule has 17 heavy (non-hydrogen) atoms. The van der Waals surface area contributed by atoms with Gasteiger partial charge in [0.25, 0.3) is 0 Å². The molecule has 0 aliphatic carbocycles. The van der Waals surface area contributed by atoms with Crippen molar-refractivity contribution in [2.75, 3.05) is 18.6 Å². The average Bonchev–Trinajstić information content (AvgIpc) is 2.23. The van der Waals surface area contributed by atoms with E-state index in [-0.39, 0.29) is 24.4 Å². The van der Waals surface area contributed by atoms with Gasteiger partial charge in [-0.15, -0.1) is 0 Å². The van der Waals surface area contributed by atoms with Crippen molar-refractivity contribution < 1.29 is 18.3 Å². The van der Waals surface area contributed by atoms with Crippen LogP contribution in [0, 0.1) is 0 Å². The number of aromatic nitrogens is 2. The number of rotatable bonds is 6. The Morgan fingerprint density at radius 3 is 2.82 bits per heavy atom. The molecule has 0 radical (unpaired) electrons. The van der Waals surface area contributed by atoms with E-state index in [1.807, 2.05) is 0 Å². The lowest BCUT2D eigenvalue weighted by Crippen LogP contribution is -2.23. The number of nitrogens with one attached hydrogen (secondary N) is 1. The van der Waals surface area contributed by atoms with Crippen molar-refractivity contribution >= 4 is 15.8 Å². The third-order valence-electron chi connectivity index (χ3n) is 1.97. The van der Waals surface area contributed by atoms with Gasteiger partial charge in [0.15, 0.2) is 0 Å². The van der Waals surface area contributed by atoms with Crippen LogP contribution in [-0.4, -0.2) is 48.0 Å². The van der Waals surface area contributed by atoms with Gasteiger partial charge in [-0.25, -0.2) is 23.2 Å². The van der Waals surface area contributed by atoms with Gasteiger partial charge in [-0.05, 0) is 0 Å². The molecule has 0 atom stereocenters. The van der Waals surface area contributed by atoms with Gasteiger partial charge in [0.1, 0.15) is 21.7 Å². The summed E-state index contributed by atoms with van der Waals surface area (Å²) in [5.74, 6) is -1.11. The van der Waals surface area contributed by atoms with Crippen LogP contribution in [0.4, 0.5) is 0 Å². The van der Waals surface area contributed by atoms with E-state index < -0.39 is 15.8 Å². The Bertz CT molecular complexity index is 501. The van der Waals surface area contributed by atoms with Gasteiger partial charge in [-0.2, -0.15) is 0 Å².